The van der Waals surface area contributed by atoms with Crippen molar-refractivity contribution in [2.75, 3.05) is 7.05 Å². The van der Waals surface area contributed by atoms with Crippen LogP contribution in [0.1, 0.15) is 48.1 Å². The maximum atomic E-state index is 10.8. The van der Waals surface area contributed by atoms with E-state index in [1.54, 1.807) is 0 Å². The molecule has 3 rings (SSSR count). The molecule has 2 unspecified atom stereocenters. The predicted octanol–water partition coefficient (Wildman–Crippen LogP) is 6.11. The van der Waals surface area contributed by atoms with Gasteiger partial charge in [0.2, 0.25) is 0 Å². The Morgan fingerprint density at radius 2 is 1.59 bits per heavy atom. The number of para-hydroxylation sites is 1. The van der Waals surface area contributed by atoms with Crippen molar-refractivity contribution >= 4 is 19.6 Å². The molecule has 0 aliphatic heterocycles. The van der Waals surface area contributed by atoms with E-state index >= 15 is 0 Å². The number of hydrogen-bond acceptors (Lipinski definition) is 2. The molecule has 0 spiro atoms. The lowest BCUT2D eigenvalue weighted by molar-refractivity contribution is 0.452. The van der Waals surface area contributed by atoms with Gasteiger partial charge in [-0.3, -0.25) is 4.99 Å². The van der Waals surface area contributed by atoms with Crippen LogP contribution in [0.5, 0.6) is 5.75 Å². The average molecular weight is 404 g/mol. The van der Waals surface area contributed by atoms with E-state index in [4.69, 9.17) is 0 Å². The van der Waals surface area contributed by atoms with Crippen LogP contribution in [0.2, 0.25) is 0 Å². The summed E-state index contributed by atoms with van der Waals surface area (Å²) in [5.74, 6) is 0.423. The summed E-state index contributed by atoms with van der Waals surface area (Å²) in [4.78, 5) is 4.66. The summed E-state index contributed by atoms with van der Waals surface area (Å²) in [6.45, 7) is 8.62. The van der Waals surface area contributed by atoms with E-state index in [0.717, 1.165) is 28.8 Å². The smallest absolute Gasteiger partial charge is 0.122 e. The quantitative estimate of drug-likeness (QED) is 0.391. The van der Waals surface area contributed by atoms with Gasteiger partial charge in [-0.2, -0.15) is 0 Å². The van der Waals surface area contributed by atoms with Crippen LogP contribution in [0.25, 0.3) is 0 Å². The van der Waals surface area contributed by atoms with Crippen molar-refractivity contribution in [3.8, 4) is 5.75 Å². The Hall–Kier alpha value is -2.44. The Kier molecular flexibility index (Phi) is 6.55. The van der Waals surface area contributed by atoms with Crippen LogP contribution in [-0.2, 0) is 5.16 Å². The second kappa shape index (κ2) is 8.93. The average Bonchev–Trinajstić information content (AvgIpc) is 2.73. The zero-order valence-electron chi connectivity index (χ0n) is 18.0. The molecule has 3 aromatic carbocycles. The van der Waals surface area contributed by atoms with Crippen molar-refractivity contribution in [2.24, 2.45) is 4.99 Å². The van der Waals surface area contributed by atoms with Crippen LogP contribution in [0.3, 0.4) is 0 Å². The van der Waals surface area contributed by atoms with Gasteiger partial charge in [0.15, 0.2) is 0 Å². The van der Waals surface area contributed by atoms with Crippen molar-refractivity contribution in [2.45, 2.75) is 39.3 Å². The fourth-order valence-electron chi connectivity index (χ4n) is 3.76. The minimum Gasteiger partial charge on any atom is -0.507 e. The predicted molar refractivity (Wildman–Crippen MR) is 128 cm³/mol. The molecule has 0 amide bonds. The van der Waals surface area contributed by atoms with Crippen molar-refractivity contribution in [1.82, 2.24) is 0 Å². The first-order valence-corrected chi connectivity index (χ1v) is 11.1. The minimum atomic E-state index is -0.146. The van der Waals surface area contributed by atoms with Crippen molar-refractivity contribution < 1.29 is 5.11 Å². The highest BCUT2D eigenvalue weighted by molar-refractivity contribution is 7.49. The lowest BCUT2D eigenvalue weighted by Gasteiger charge is -2.32. The van der Waals surface area contributed by atoms with Crippen LogP contribution in [0, 0.1) is 13.8 Å². The van der Waals surface area contributed by atoms with E-state index in [9.17, 15) is 5.11 Å². The first-order chi connectivity index (χ1) is 13.9. The van der Waals surface area contributed by atoms with Crippen LogP contribution in [0.15, 0.2) is 71.7 Å². The van der Waals surface area contributed by atoms with Crippen LogP contribution in [0.4, 0.5) is 0 Å². The molecule has 0 aliphatic carbocycles. The molecule has 0 aliphatic rings. The van der Waals surface area contributed by atoms with E-state index < -0.39 is 0 Å². The van der Waals surface area contributed by atoms with E-state index in [1.807, 2.05) is 32.2 Å². The van der Waals surface area contributed by atoms with E-state index in [1.165, 1.54) is 16.4 Å². The molecule has 0 saturated carbocycles. The molecule has 0 fully saturated rings. The Labute approximate surface area is 176 Å². The first kappa shape index (κ1) is 21.3. The Morgan fingerprint density at radius 1 is 0.931 bits per heavy atom. The minimum absolute atomic E-state index is 0.146. The van der Waals surface area contributed by atoms with Crippen molar-refractivity contribution in [1.29, 1.82) is 0 Å². The van der Waals surface area contributed by atoms with Gasteiger partial charge in [0.05, 0.1) is 5.71 Å². The largest absolute Gasteiger partial charge is 0.507 e. The van der Waals surface area contributed by atoms with Crippen LogP contribution < -0.4 is 5.30 Å². The molecule has 2 atom stereocenters. The first-order valence-electron chi connectivity index (χ1n) is 10.1. The molecule has 150 valence electrons. The number of hydrogen-bond donors (Lipinski definition) is 1. The van der Waals surface area contributed by atoms with Crippen molar-refractivity contribution in [3.63, 3.8) is 0 Å². The van der Waals surface area contributed by atoms with Gasteiger partial charge in [-0.25, -0.2) is 0 Å². The molecule has 0 bridgehead atoms. The highest BCUT2D eigenvalue weighted by atomic mass is 31.1. The van der Waals surface area contributed by atoms with Crippen molar-refractivity contribution in [3.05, 3.63) is 94.5 Å². The summed E-state index contributed by atoms with van der Waals surface area (Å²) >= 11 is 0. The molecule has 2 nitrogen and oxygen atoms in total. The fourth-order valence-corrected chi connectivity index (χ4v) is 5.44. The third-order valence-corrected chi connectivity index (χ3v) is 7.83. The summed E-state index contributed by atoms with van der Waals surface area (Å²) in [6.07, 6.45) is 0.945. The summed E-state index contributed by atoms with van der Waals surface area (Å²) in [6, 6.07) is 22.9. The molecule has 0 heterocycles. The fraction of sp³-hybridized carbons (Fsp3) is 0.269. The topological polar surface area (TPSA) is 32.6 Å². The lowest BCUT2D eigenvalue weighted by atomic mass is 9.94. The third kappa shape index (κ3) is 4.28. The maximum Gasteiger partial charge on any atom is 0.122 e. The summed E-state index contributed by atoms with van der Waals surface area (Å²) < 4.78 is 0. The van der Waals surface area contributed by atoms with E-state index in [0.29, 0.717) is 14.3 Å². The van der Waals surface area contributed by atoms with Gasteiger partial charge in [0, 0.05) is 28.9 Å². The molecule has 3 heteroatoms. The third-order valence-electron chi connectivity index (χ3n) is 5.74. The van der Waals surface area contributed by atoms with Gasteiger partial charge >= 0.3 is 0 Å². The number of aryl methyl sites for hydroxylation is 2. The molecule has 3 aromatic rings. The summed E-state index contributed by atoms with van der Waals surface area (Å²) in [7, 11) is 2.38. The Morgan fingerprint density at radius 3 is 2.24 bits per heavy atom. The van der Waals surface area contributed by atoms with Crippen LogP contribution >= 0.6 is 8.58 Å². The maximum absolute atomic E-state index is 10.8. The number of nitrogens with zero attached hydrogens (tertiary/aromatic N) is 1. The number of phenols is 1. The van der Waals surface area contributed by atoms with Gasteiger partial charge in [-0.05, 0) is 36.7 Å². The molecule has 0 radical (unpaired) electrons. The summed E-state index contributed by atoms with van der Waals surface area (Å²) in [5, 5.41) is 12.0. The SMILES string of the molecule is CCC(C)(Pc1c(C)cccc1C(=NC)c1ccccc1)c1cccc(C)c1O. The zero-order valence-corrected chi connectivity index (χ0v) is 19.0. The molecule has 0 aromatic heterocycles. The van der Waals surface area contributed by atoms with Gasteiger partial charge < -0.3 is 5.11 Å². The highest BCUT2D eigenvalue weighted by Gasteiger charge is 2.30. The standard InChI is InChI=1S/C26H30NOP/c1-6-26(4,22-17-11-12-18(2)24(22)28)29-25-19(3)13-10-16-21(25)23(27-5)20-14-8-7-9-15-20/h7-17,28-29H,6H2,1-5H3. The number of rotatable bonds is 6. The second-order valence-corrected chi connectivity index (χ2v) is 9.57. The molecule has 0 saturated heterocycles. The van der Waals surface area contributed by atoms with Gasteiger partial charge in [-0.1, -0.05) is 89.2 Å². The highest BCUT2D eigenvalue weighted by Crippen LogP contribution is 2.48. The molecular formula is C26H30NOP. The number of phenolic OH excluding ortho intramolecular Hbond substituents is 1. The van der Waals surface area contributed by atoms with Gasteiger partial charge in [0.25, 0.3) is 0 Å². The number of benzene rings is 3. The number of aromatic hydroxyl groups is 1. The van der Waals surface area contributed by atoms with Crippen LogP contribution in [-0.4, -0.2) is 17.9 Å². The molecule has 29 heavy (non-hydrogen) atoms. The monoisotopic (exact) mass is 403 g/mol. The molecular weight excluding hydrogens is 373 g/mol. The number of aliphatic imine (C=N–C) groups is 1. The zero-order chi connectivity index (χ0) is 21.0. The normalized spacial score (nSPS) is 14.3. The van der Waals surface area contributed by atoms with Gasteiger partial charge in [-0.15, -0.1) is 0 Å². The Bertz CT molecular complexity index is 1030. The van der Waals surface area contributed by atoms with E-state index in [2.05, 4.69) is 74.3 Å². The second-order valence-electron chi connectivity index (χ2n) is 7.72. The van der Waals surface area contributed by atoms with E-state index in [-0.39, 0.29) is 5.16 Å². The lowest BCUT2D eigenvalue weighted by Crippen LogP contribution is -2.24. The summed E-state index contributed by atoms with van der Waals surface area (Å²) in [5.41, 5.74) is 6.56. The van der Waals surface area contributed by atoms with Gasteiger partial charge in [0.1, 0.15) is 5.75 Å². The Balaban J connectivity index is 2.13. The molecule has 1 N–H and O–H groups in total.